The summed E-state index contributed by atoms with van der Waals surface area (Å²) in [5.41, 5.74) is 6.63. The minimum Gasteiger partial charge on any atom is -0.327 e. The molecule has 1 heterocycles. The van der Waals surface area contributed by atoms with Gasteiger partial charge in [-0.2, -0.15) is 5.10 Å². The van der Waals surface area contributed by atoms with Crippen LogP contribution in [0.2, 0.25) is 0 Å². The van der Waals surface area contributed by atoms with Crippen molar-refractivity contribution in [2.24, 2.45) is 12.8 Å². The van der Waals surface area contributed by atoms with Crippen LogP contribution < -0.4 is 5.73 Å². The van der Waals surface area contributed by atoms with Crippen molar-refractivity contribution in [2.45, 2.75) is 18.9 Å². The molecule has 2 aromatic rings. The van der Waals surface area contributed by atoms with Gasteiger partial charge in [0.25, 0.3) is 0 Å². The van der Waals surface area contributed by atoms with Crippen molar-refractivity contribution in [2.75, 3.05) is 0 Å². The zero-order chi connectivity index (χ0) is 13.1. The summed E-state index contributed by atoms with van der Waals surface area (Å²) < 4.78 is 27.4. The fraction of sp³-hybridized carbons (Fsp3) is 0.333. The lowest BCUT2D eigenvalue weighted by atomic mass is 10.0. The van der Waals surface area contributed by atoms with Crippen LogP contribution in [0.25, 0.3) is 0 Å². The van der Waals surface area contributed by atoms with E-state index in [1.165, 1.54) is 18.5 Å². The number of hydrogen-bond acceptors (Lipinski definition) is 3. The lowest BCUT2D eigenvalue weighted by Crippen LogP contribution is -2.27. The van der Waals surface area contributed by atoms with E-state index in [0.717, 1.165) is 11.9 Å². The molecule has 4 nitrogen and oxygen atoms in total. The molecule has 6 heteroatoms. The highest BCUT2D eigenvalue weighted by molar-refractivity contribution is 5.19. The van der Waals surface area contributed by atoms with Gasteiger partial charge in [0.2, 0.25) is 0 Å². The van der Waals surface area contributed by atoms with Crippen molar-refractivity contribution in [3.05, 3.63) is 47.5 Å². The Morgan fingerprint density at radius 3 is 2.67 bits per heavy atom. The molecule has 0 radical (unpaired) electrons. The third-order valence-electron chi connectivity index (χ3n) is 2.73. The van der Waals surface area contributed by atoms with Gasteiger partial charge in [0.1, 0.15) is 12.2 Å². The van der Waals surface area contributed by atoms with Gasteiger partial charge in [0.15, 0.2) is 11.6 Å². The summed E-state index contributed by atoms with van der Waals surface area (Å²) in [5.74, 6) is -0.927. The van der Waals surface area contributed by atoms with Gasteiger partial charge in [-0.3, -0.25) is 4.68 Å². The molecule has 0 aliphatic heterocycles. The van der Waals surface area contributed by atoms with E-state index in [-0.39, 0.29) is 6.04 Å². The molecule has 0 bridgehead atoms. The van der Waals surface area contributed by atoms with Gasteiger partial charge in [-0.25, -0.2) is 13.8 Å². The molecule has 0 saturated carbocycles. The molecule has 0 saturated heterocycles. The van der Waals surface area contributed by atoms with E-state index in [4.69, 9.17) is 5.73 Å². The zero-order valence-corrected chi connectivity index (χ0v) is 9.98. The molecule has 0 fully saturated rings. The number of aromatic nitrogens is 3. The lowest BCUT2D eigenvalue weighted by molar-refractivity contribution is 0.505. The summed E-state index contributed by atoms with van der Waals surface area (Å²) in [6, 6.07) is 3.61. The standard InChI is InChI=1S/C12H14F2N4/c1-18-12(16-7-17-18)6-9(15)4-8-2-3-10(13)11(14)5-8/h2-3,5,7,9H,4,6,15H2,1H3. The lowest BCUT2D eigenvalue weighted by Gasteiger charge is -2.11. The molecular weight excluding hydrogens is 238 g/mol. The normalized spacial score (nSPS) is 12.7. The van der Waals surface area contributed by atoms with Crippen LogP contribution in [0.3, 0.4) is 0 Å². The van der Waals surface area contributed by atoms with Crippen LogP contribution in [0, 0.1) is 11.6 Å². The maximum absolute atomic E-state index is 13.0. The number of rotatable bonds is 4. The molecule has 2 rings (SSSR count). The van der Waals surface area contributed by atoms with Crippen molar-refractivity contribution < 1.29 is 8.78 Å². The van der Waals surface area contributed by atoms with Crippen LogP contribution in [0.5, 0.6) is 0 Å². The Bertz CT molecular complexity index is 539. The van der Waals surface area contributed by atoms with Gasteiger partial charge < -0.3 is 5.73 Å². The van der Waals surface area contributed by atoms with Gasteiger partial charge in [-0.05, 0) is 24.1 Å². The van der Waals surface area contributed by atoms with E-state index in [9.17, 15) is 8.78 Å². The first-order valence-corrected chi connectivity index (χ1v) is 5.58. The topological polar surface area (TPSA) is 56.7 Å². The minimum absolute atomic E-state index is 0.210. The molecule has 0 aliphatic carbocycles. The summed E-state index contributed by atoms with van der Waals surface area (Å²) in [5, 5.41) is 3.94. The summed E-state index contributed by atoms with van der Waals surface area (Å²) in [7, 11) is 1.78. The Hall–Kier alpha value is -1.82. The third kappa shape index (κ3) is 2.89. The van der Waals surface area contributed by atoms with E-state index >= 15 is 0 Å². The van der Waals surface area contributed by atoms with Crippen molar-refractivity contribution in [3.8, 4) is 0 Å². The molecule has 0 amide bonds. The Labute approximate surface area is 103 Å². The number of benzene rings is 1. The fourth-order valence-corrected chi connectivity index (χ4v) is 1.78. The van der Waals surface area contributed by atoms with Gasteiger partial charge in [-0.1, -0.05) is 6.07 Å². The molecule has 18 heavy (non-hydrogen) atoms. The largest absolute Gasteiger partial charge is 0.327 e. The molecular formula is C12H14F2N4. The summed E-state index contributed by atoms with van der Waals surface area (Å²) >= 11 is 0. The maximum Gasteiger partial charge on any atom is 0.159 e. The SMILES string of the molecule is Cn1ncnc1CC(N)Cc1ccc(F)c(F)c1. The molecule has 1 atom stereocenters. The van der Waals surface area contributed by atoms with Gasteiger partial charge in [-0.15, -0.1) is 0 Å². The van der Waals surface area contributed by atoms with Crippen LogP contribution in [-0.4, -0.2) is 20.8 Å². The number of hydrogen-bond donors (Lipinski definition) is 1. The molecule has 1 aromatic heterocycles. The quantitative estimate of drug-likeness (QED) is 0.889. The van der Waals surface area contributed by atoms with Gasteiger partial charge in [0, 0.05) is 19.5 Å². The summed E-state index contributed by atoms with van der Waals surface area (Å²) in [6.45, 7) is 0. The first-order chi connectivity index (χ1) is 8.56. The second-order valence-electron chi connectivity index (χ2n) is 4.22. The number of halogens is 2. The van der Waals surface area contributed by atoms with E-state index in [1.54, 1.807) is 11.7 Å². The Morgan fingerprint density at radius 1 is 1.28 bits per heavy atom. The maximum atomic E-state index is 13.0. The first kappa shape index (κ1) is 12.6. The van der Waals surface area contributed by atoms with E-state index in [0.29, 0.717) is 18.4 Å². The van der Waals surface area contributed by atoms with Crippen molar-refractivity contribution in [1.82, 2.24) is 14.8 Å². The average molecular weight is 252 g/mol. The average Bonchev–Trinajstić information content (AvgIpc) is 2.70. The molecule has 2 N–H and O–H groups in total. The van der Waals surface area contributed by atoms with Gasteiger partial charge in [0.05, 0.1) is 0 Å². The first-order valence-electron chi connectivity index (χ1n) is 5.58. The van der Waals surface area contributed by atoms with Crippen LogP contribution in [0.4, 0.5) is 8.78 Å². The second-order valence-corrected chi connectivity index (χ2v) is 4.22. The van der Waals surface area contributed by atoms with Gasteiger partial charge >= 0.3 is 0 Å². The fourth-order valence-electron chi connectivity index (χ4n) is 1.78. The Kier molecular flexibility index (Phi) is 3.66. The zero-order valence-electron chi connectivity index (χ0n) is 9.98. The molecule has 1 unspecified atom stereocenters. The molecule has 0 spiro atoms. The van der Waals surface area contributed by atoms with Crippen LogP contribution in [-0.2, 0) is 19.9 Å². The molecule has 0 aliphatic rings. The predicted molar refractivity (Wildman–Crippen MR) is 62.7 cm³/mol. The van der Waals surface area contributed by atoms with Crippen molar-refractivity contribution in [3.63, 3.8) is 0 Å². The highest BCUT2D eigenvalue weighted by atomic mass is 19.2. The predicted octanol–water partition coefficient (Wildman–Crippen LogP) is 1.21. The second kappa shape index (κ2) is 5.22. The van der Waals surface area contributed by atoms with E-state index in [2.05, 4.69) is 10.1 Å². The highest BCUT2D eigenvalue weighted by Gasteiger charge is 2.11. The number of aryl methyl sites for hydroxylation is 1. The Morgan fingerprint density at radius 2 is 2.06 bits per heavy atom. The smallest absolute Gasteiger partial charge is 0.159 e. The summed E-state index contributed by atoms with van der Waals surface area (Å²) in [4.78, 5) is 4.07. The molecule has 96 valence electrons. The third-order valence-corrected chi connectivity index (χ3v) is 2.73. The minimum atomic E-state index is -0.849. The van der Waals surface area contributed by atoms with Crippen molar-refractivity contribution in [1.29, 1.82) is 0 Å². The highest BCUT2D eigenvalue weighted by Crippen LogP contribution is 2.11. The number of nitrogens with zero attached hydrogens (tertiary/aromatic N) is 3. The molecule has 1 aromatic carbocycles. The van der Waals surface area contributed by atoms with Crippen LogP contribution >= 0.6 is 0 Å². The van der Waals surface area contributed by atoms with Crippen molar-refractivity contribution >= 4 is 0 Å². The monoisotopic (exact) mass is 252 g/mol. The van der Waals surface area contributed by atoms with E-state index < -0.39 is 11.6 Å². The number of nitrogens with two attached hydrogens (primary N) is 1. The van der Waals surface area contributed by atoms with Crippen LogP contribution in [0.1, 0.15) is 11.4 Å². The van der Waals surface area contributed by atoms with Crippen LogP contribution in [0.15, 0.2) is 24.5 Å². The Balaban J connectivity index is 2.01. The summed E-state index contributed by atoms with van der Waals surface area (Å²) in [6.07, 6.45) is 2.46. The van der Waals surface area contributed by atoms with E-state index in [1.807, 2.05) is 0 Å².